The molecule has 72 valence electrons. The predicted octanol–water partition coefficient (Wildman–Crippen LogP) is 2.54. The molecular weight excluding hydrogens is 246 g/mol. The largest absolute Gasteiger partial charge is 0.434 e. The summed E-state index contributed by atoms with van der Waals surface area (Å²) in [6.07, 6.45) is 0. The van der Waals surface area contributed by atoms with Crippen LogP contribution in [0, 0.1) is 0 Å². The number of halogens is 3. The van der Waals surface area contributed by atoms with Crippen molar-refractivity contribution in [2.45, 2.75) is 13.2 Å². The van der Waals surface area contributed by atoms with E-state index in [0.29, 0.717) is 10.0 Å². The van der Waals surface area contributed by atoms with Crippen LogP contribution in [0.1, 0.15) is 5.56 Å². The highest BCUT2D eigenvalue weighted by atomic mass is 79.9. The van der Waals surface area contributed by atoms with Gasteiger partial charge in [-0.3, -0.25) is 0 Å². The van der Waals surface area contributed by atoms with Crippen molar-refractivity contribution in [3.63, 3.8) is 0 Å². The molecule has 1 aromatic carbocycles. The van der Waals surface area contributed by atoms with Gasteiger partial charge in [0.1, 0.15) is 5.75 Å². The van der Waals surface area contributed by atoms with Crippen LogP contribution in [0.4, 0.5) is 8.78 Å². The molecule has 13 heavy (non-hydrogen) atoms. The Morgan fingerprint density at radius 1 is 1.46 bits per heavy atom. The Labute approximate surface area is 82.3 Å². The van der Waals surface area contributed by atoms with Gasteiger partial charge >= 0.3 is 6.61 Å². The van der Waals surface area contributed by atoms with E-state index in [1.807, 2.05) is 0 Å². The van der Waals surface area contributed by atoms with E-state index in [1.54, 1.807) is 12.1 Å². The predicted molar refractivity (Wildman–Crippen MR) is 46.7 cm³/mol. The second-order valence-electron chi connectivity index (χ2n) is 2.30. The van der Waals surface area contributed by atoms with Crippen molar-refractivity contribution in [2.75, 3.05) is 0 Å². The molecule has 1 N–H and O–H groups in total. The molecule has 1 rings (SSSR count). The summed E-state index contributed by atoms with van der Waals surface area (Å²) in [4.78, 5) is 0. The van der Waals surface area contributed by atoms with Crippen molar-refractivity contribution in [3.05, 3.63) is 28.2 Å². The zero-order valence-electron chi connectivity index (χ0n) is 6.51. The second kappa shape index (κ2) is 4.53. The molecule has 0 saturated carbocycles. The monoisotopic (exact) mass is 252 g/mol. The average molecular weight is 253 g/mol. The van der Waals surface area contributed by atoms with Crippen molar-refractivity contribution >= 4 is 15.9 Å². The Balaban J connectivity index is 2.90. The molecule has 0 atom stereocenters. The van der Waals surface area contributed by atoms with Gasteiger partial charge in [-0.25, -0.2) is 0 Å². The van der Waals surface area contributed by atoms with E-state index >= 15 is 0 Å². The Hall–Kier alpha value is -0.680. The molecule has 0 spiro atoms. The third-order valence-corrected chi connectivity index (χ3v) is 2.05. The van der Waals surface area contributed by atoms with Crippen LogP contribution >= 0.6 is 15.9 Å². The maximum atomic E-state index is 11.8. The molecular formula is C8H7BrF2O2. The Morgan fingerprint density at radius 3 is 2.69 bits per heavy atom. The molecule has 0 aliphatic heterocycles. The molecule has 0 heterocycles. The number of hydrogen-bond acceptors (Lipinski definition) is 2. The van der Waals surface area contributed by atoms with E-state index in [9.17, 15) is 8.78 Å². The maximum Gasteiger partial charge on any atom is 0.387 e. The average Bonchev–Trinajstić information content (AvgIpc) is 2.08. The zero-order valence-corrected chi connectivity index (χ0v) is 8.09. The highest BCUT2D eigenvalue weighted by Gasteiger charge is 2.08. The number of alkyl halides is 2. The molecule has 0 fully saturated rings. The van der Waals surface area contributed by atoms with Gasteiger partial charge in [0.05, 0.1) is 11.1 Å². The molecule has 5 heteroatoms. The fourth-order valence-electron chi connectivity index (χ4n) is 0.832. The number of hydrogen-bond donors (Lipinski definition) is 1. The Morgan fingerprint density at radius 2 is 2.15 bits per heavy atom. The van der Waals surface area contributed by atoms with Crippen LogP contribution in [0.5, 0.6) is 5.75 Å². The third-order valence-electron chi connectivity index (χ3n) is 1.39. The molecule has 0 saturated heterocycles. The topological polar surface area (TPSA) is 29.5 Å². The van der Waals surface area contributed by atoms with E-state index < -0.39 is 6.61 Å². The molecule has 0 aliphatic rings. The maximum absolute atomic E-state index is 11.8. The molecule has 0 unspecified atom stereocenters. The first-order valence-electron chi connectivity index (χ1n) is 3.47. The van der Waals surface area contributed by atoms with E-state index in [2.05, 4.69) is 20.7 Å². The fraction of sp³-hybridized carbons (Fsp3) is 0.250. The first-order chi connectivity index (χ1) is 6.13. The Bertz CT molecular complexity index is 291. The van der Waals surface area contributed by atoms with Crippen LogP contribution in [0.2, 0.25) is 0 Å². The summed E-state index contributed by atoms with van der Waals surface area (Å²) in [7, 11) is 0. The van der Waals surface area contributed by atoms with Crippen molar-refractivity contribution in [1.29, 1.82) is 0 Å². The summed E-state index contributed by atoms with van der Waals surface area (Å²) in [5, 5.41) is 8.73. The lowest BCUT2D eigenvalue weighted by Crippen LogP contribution is -2.02. The van der Waals surface area contributed by atoms with Crippen molar-refractivity contribution in [3.8, 4) is 5.75 Å². The smallest absolute Gasteiger partial charge is 0.387 e. The van der Waals surface area contributed by atoms with Crippen LogP contribution < -0.4 is 4.74 Å². The highest BCUT2D eigenvalue weighted by molar-refractivity contribution is 9.10. The molecule has 2 nitrogen and oxygen atoms in total. The number of rotatable bonds is 3. The van der Waals surface area contributed by atoms with Crippen LogP contribution in [0.25, 0.3) is 0 Å². The highest BCUT2D eigenvalue weighted by Crippen LogP contribution is 2.27. The standard InChI is InChI=1S/C8H7BrF2O2/c9-6-2-1-5(4-12)3-7(6)13-8(10)11/h1-3,8,12H,4H2. The number of ether oxygens (including phenoxy) is 1. The van der Waals surface area contributed by atoms with Gasteiger partial charge in [0, 0.05) is 0 Å². The summed E-state index contributed by atoms with van der Waals surface area (Å²) in [5.74, 6) is 0.0292. The summed E-state index contributed by atoms with van der Waals surface area (Å²) in [6.45, 7) is -3.06. The summed E-state index contributed by atoms with van der Waals surface area (Å²) < 4.78 is 28.3. The molecule has 0 amide bonds. The van der Waals surface area contributed by atoms with Crippen LogP contribution in [-0.4, -0.2) is 11.7 Å². The third kappa shape index (κ3) is 2.93. The van der Waals surface area contributed by atoms with Gasteiger partial charge in [-0.2, -0.15) is 8.78 Å². The lowest BCUT2D eigenvalue weighted by atomic mass is 10.2. The normalized spacial score (nSPS) is 10.5. The minimum Gasteiger partial charge on any atom is -0.434 e. The van der Waals surface area contributed by atoms with Crippen LogP contribution in [0.15, 0.2) is 22.7 Å². The van der Waals surface area contributed by atoms with E-state index in [-0.39, 0.29) is 12.4 Å². The van der Waals surface area contributed by atoms with Gasteiger partial charge < -0.3 is 9.84 Å². The molecule has 0 aliphatic carbocycles. The second-order valence-corrected chi connectivity index (χ2v) is 3.16. The van der Waals surface area contributed by atoms with Gasteiger partial charge in [0.15, 0.2) is 0 Å². The van der Waals surface area contributed by atoms with Gasteiger partial charge in [-0.05, 0) is 33.6 Å². The number of aliphatic hydroxyl groups is 1. The van der Waals surface area contributed by atoms with Gasteiger partial charge in [0.2, 0.25) is 0 Å². The van der Waals surface area contributed by atoms with Gasteiger partial charge in [0.25, 0.3) is 0 Å². The zero-order chi connectivity index (χ0) is 9.84. The minimum absolute atomic E-state index is 0.0292. The van der Waals surface area contributed by atoms with Gasteiger partial charge in [-0.1, -0.05) is 6.07 Å². The van der Waals surface area contributed by atoms with Crippen molar-refractivity contribution in [2.24, 2.45) is 0 Å². The number of aliphatic hydroxyl groups excluding tert-OH is 1. The minimum atomic E-state index is -2.86. The van der Waals surface area contributed by atoms with Crippen LogP contribution in [-0.2, 0) is 6.61 Å². The molecule has 0 aromatic heterocycles. The molecule has 0 radical (unpaired) electrons. The summed E-state index contributed by atoms with van der Waals surface area (Å²) >= 11 is 3.05. The van der Waals surface area contributed by atoms with E-state index in [0.717, 1.165) is 0 Å². The first kappa shape index (κ1) is 10.4. The summed E-state index contributed by atoms with van der Waals surface area (Å²) in [6, 6.07) is 4.52. The SMILES string of the molecule is OCc1ccc(Br)c(OC(F)F)c1. The van der Waals surface area contributed by atoms with Crippen LogP contribution in [0.3, 0.4) is 0 Å². The van der Waals surface area contributed by atoms with E-state index in [1.165, 1.54) is 6.07 Å². The van der Waals surface area contributed by atoms with E-state index in [4.69, 9.17) is 5.11 Å². The summed E-state index contributed by atoms with van der Waals surface area (Å²) in [5.41, 5.74) is 0.527. The quantitative estimate of drug-likeness (QED) is 0.896. The first-order valence-corrected chi connectivity index (χ1v) is 4.27. The Kier molecular flexibility index (Phi) is 3.62. The lowest BCUT2D eigenvalue weighted by Gasteiger charge is -2.07. The lowest BCUT2D eigenvalue weighted by molar-refractivity contribution is -0.0504. The number of benzene rings is 1. The fourth-order valence-corrected chi connectivity index (χ4v) is 1.17. The van der Waals surface area contributed by atoms with Crippen molar-refractivity contribution in [1.82, 2.24) is 0 Å². The van der Waals surface area contributed by atoms with Gasteiger partial charge in [-0.15, -0.1) is 0 Å². The molecule has 0 bridgehead atoms. The molecule has 1 aromatic rings. The van der Waals surface area contributed by atoms with Crippen molar-refractivity contribution < 1.29 is 18.6 Å².